The lowest BCUT2D eigenvalue weighted by Crippen LogP contribution is -1.99. The zero-order valence-electron chi connectivity index (χ0n) is 24.9. The second kappa shape index (κ2) is 9.65. The maximum absolute atomic E-state index is 5.41. The van der Waals surface area contributed by atoms with Gasteiger partial charge in [0.25, 0.3) is 0 Å². The van der Waals surface area contributed by atoms with Gasteiger partial charge in [-0.15, -0.1) is 0 Å². The summed E-state index contributed by atoms with van der Waals surface area (Å²) in [5.41, 5.74) is 11.4. The molecule has 0 bridgehead atoms. The number of rotatable bonds is 3. The lowest BCUT2D eigenvalue weighted by atomic mass is 9.91. The molecule has 3 aromatic heterocycles. The molecule has 0 saturated heterocycles. The second-order valence-electron chi connectivity index (χ2n) is 12.0. The Morgan fingerprint density at radius 3 is 1.72 bits per heavy atom. The van der Waals surface area contributed by atoms with E-state index < -0.39 is 0 Å². The van der Waals surface area contributed by atoms with Crippen molar-refractivity contribution in [3.63, 3.8) is 0 Å². The van der Waals surface area contributed by atoms with E-state index in [1.54, 1.807) is 0 Å². The van der Waals surface area contributed by atoms with E-state index in [9.17, 15) is 0 Å². The molecule has 0 unspecified atom stereocenters. The molecule has 3 heteroatoms. The van der Waals surface area contributed by atoms with Gasteiger partial charge in [0.15, 0.2) is 5.65 Å². The molecule has 0 saturated carbocycles. The van der Waals surface area contributed by atoms with Gasteiger partial charge >= 0.3 is 0 Å². The van der Waals surface area contributed by atoms with Crippen LogP contribution >= 0.6 is 0 Å². The number of aromatic nitrogens is 3. The number of para-hydroxylation sites is 2. The minimum Gasteiger partial charge on any atom is -0.294 e. The highest BCUT2D eigenvalue weighted by atomic mass is 15.2. The van der Waals surface area contributed by atoms with Gasteiger partial charge in [-0.2, -0.15) is 0 Å². The summed E-state index contributed by atoms with van der Waals surface area (Å²) < 4.78 is 4.76. The molecule has 0 aliphatic heterocycles. The van der Waals surface area contributed by atoms with Gasteiger partial charge < -0.3 is 0 Å². The van der Waals surface area contributed by atoms with Crippen LogP contribution in [0.15, 0.2) is 164 Å². The van der Waals surface area contributed by atoms with Crippen molar-refractivity contribution in [2.45, 2.75) is 0 Å². The number of imidazole rings is 1. The predicted octanol–water partition coefficient (Wildman–Crippen LogP) is 11.2. The highest BCUT2D eigenvalue weighted by Crippen LogP contribution is 2.41. The zero-order valence-corrected chi connectivity index (χ0v) is 24.9. The quantitative estimate of drug-likeness (QED) is 0.189. The molecule has 46 heavy (non-hydrogen) atoms. The fraction of sp³-hybridized carbons (Fsp3) is 0. The molecular formula is C43H27N3. The Morgan fingerprint density at radius 2 is 0.978 bits per heavy atom. The van der Waals surface area contributed by atoms with E-state index >= 15 is 0 Å². The minimum absolute atomic E-state index is 0.977. The molecule has 3 heterocycles. The molecule has 0 N–H and O–H groups in total. The molecule has 10 rings (SSSR count). The Morgan fingerprint density at radius 1 is 0.391 bits per heavy atom. The zero-order chi connectivity index (χ0) is 30.2. The molecule has 0 radical (unpaired) electrons. The van der Waals surface area contributed by atoms with Gasteiger partial charge in [-0.05, 0) is 62.7 Å². The largest absolute Gasteiger partial charge is 0.294 e. The van der Waals surface area contributed by atoms with E-state index in [1.165, 1.54) is 43.8 Å². The summed E-state index contributed by atoms with van der Waals surface area (Å²) in [7, 11) is 0. The van der Waals surface area contributed by atoms with Crippen LogP contribution in [0.25, 0.3) is 88.1 Å². The van der Waals surface area contributed by atoms with E-state index in [0.717, 1.165) is 44.3 Å². The van der Waals surface area contributed by atoms with Crippen LogP contribution in [0.2, 0.25) is 0 Å². The van der Waals surface area contributed by atoms with Crippen molar-refractivity contribution in [3.05, 3.63) is 164 Å². The molecule has 0 aliphatic carbocycles. The fourth-order valence-corrected chi connectivity index (χ4v) is 7.47. The van der Waals surface area contributed by atoms with Gasteiger partial charge in [0.1, 0.15) is 11.2 Å². The predicted molar refractivity (Wildman–Crippen MR) is 193 cm³/mol. The van der Waals surface area contributed by atoms with Gasteiger partial charge in [-0.25, -0.2) is 4.98 Å². The smallest absolute Gasteiger partial charge is 0.151 e. The Bertz CT molecular complexity index is 2790. The van der Waals surface area contributed by atoms with Crippen molar-refractivity contribution in [3.8, 4) is 27.9 Å². The summed E-state index contributed by atoms with van der Waals surface area (Å²) in [5, 5.41) is 7.23. The molecule has 214 valence electrons. The van der Waals surface area contributed by atoms with E-state index in [2.05, 4.69) is 173 Å². The van der Waals surface area contributed by atoms with Gasteiger partial charge in [-0.3, -0.25) is 8.97 Å². The van der Waals surface area contributed by atoms with E-state index in [4.69, 9.17) is 4.98 Å². The van der Waals surface area contributed by atoms with Crippen LogP contribution in [0.5, 0.6) is 0 Å². The monoisotopic (exact) mass is 585 g/mol. The Hall–Kier alpha value is -6.19. The van der Waals surface area contributed by atoms with Crippen molar-refractivity contribution >= 4 is 60.2 Å². The van der Waals surface area contributed by atoms with Crippen LogP contribution in [-0.2, 0) is 0 Å². The van der Waals surface area contributed by atoms with Crippen LogP contribution in [0, 0.1) is 0 Å². The standard InChI is InChI=1S/C43H27N3/c1-3-13-28(14-4-1)31-25-26-32(34-18-8-7-17-33(31)34)29-23-24-36-35-19-9-10-20-37(35)42-44-41-38-21-11-12-22-39(38)45(30-15-5-2-6-16-30)43(41)46(42)40(36)27-29/h1-27H. The molecule has 0 spiro atoms. The lowest BCUT2D eigenvalue weighted by Gasteiger charge is -2.15. The van der Waals surface area contributed by atoms with Crippen molar-refractivity contribution < 1.29 is 0 Å². The molecule has 0 amide bonds. The Labute approximate surface area is 265 Å². The number of fused-ring (bicyclic) bond motifs is 11. The summed E-state index contributed by atoms with van der Waals surface area (Å²) >= 11 is 0. The summed E-state index contributed by atoms with van der Waals surface area (Å²) in [4.78, 5) is 5.41. The highest BCUT2D eigenvalue weighted by Gasteiger charge is 2.22. The summed E-state index contributed by atoms with van der Waals surface area (Å²) in [6, 6.07) is 58.9. The second-order valence-corrected chi connectivity index (χ2v) is 12.0. The Kier molecular flexibility index (Phi) is 5.28. The first kappa shape index (κ1) is 25.2. The normalized spacial score (nSPS) is 11.9. The maximum atomic E-state index is 5.41. The number of benzene rings is 7. The highest BCUT2D eigenvalue weighted by molar-refractivity contribution is 6.17. The first-order valence-corrected chi connectivity index (χ1v) is 15.7. The molecule has 7 aromatic carbocycles. The van der Waals surface area contributed by atoms with Crippen molar-refractivity contribution in [2.24, 2.45) is 0 Å². The van der Waals surface area contributed by atoms with Gasteiger partial charge in [-0.1, -0.05) is 140 Å². The molecule has 0 atom stereocenters. The number of hydrogen-bond donors (Lipinski definition) is 0. The minimum atomic E-state index is 0.977. The summed E-state index contributed by atoms with van der Waals surface area (Å²) in [6.07, 6.45) is 0. The van der Waals surface area contributed by atoms with E-state index in [-0.39, 0.29) is 0 Å². The summed E-state index contributed by atoms with van der Waals surface area (Å²) in [6.45, 7) is 0. The number of hydrogen-bond acceptors (Lipinski definition) is 1. The average molecular weight is 586 g/mol. The first-order valence-electron chi connectivity index (χ1n) is 15.7. The lowest BCUT2D eigenvalue weighted by molar-refractivity contribution is 1.12. The topological polar surface area (TPSA) is 22.2 Å². The molecule has 0 fully saturated rings. The SMILES string of the molecule is c1ccc(-c2ccc(-c3ccc4c5ccccc5c5nc6c7ccccc7n(-c7ccccc7)c6n5c4c3)c3ccccc23)cc1. The van der Waals surface area contributed by atoms with Crippen molar-refractivity contribution in [1.29, 1.82) is 0 Å². The molecular weight excluding hydrogens is 558 g/mol. The van der Waals surface area contributed by atoms with Crippen LogP contribution in [0.4, 0.5) is 0 Å². The van der Waals surface area contributed by atoms with Gasteiger partial charge in [0.2, 0.25) is 0 Å². The third-order valence-electron chi connectivity index (χ3n) is 9.50. The van der Waals surface area contributed by atoms with Gasteiger partial charge in [0.05, 0.1) is 11.0 Å². The maximum Gasteiger partial charge on any atom is 0.151 e. The van der Waals surface area contributed by atoms with Gasteiger partial charge in [0, 0.05) is 21.8 Å². The molecule has 0 aliphatic rings. The summed E-state index contributed by atoms with van der Waals surface area (Å²) in [5.74, 6) is 0. The van der Waals surface area contributed by atoms with Crippen LogP contribution in [0.3, 0.4) is 0 Å². The third-order valence-corrected chi connectivity index (χ3v) is 9.50. The Balaban J connectivity index is 1.35. The van der Waals surface area contributed by atoms with Crippen molar-refractivity contribution in [2.75, 3.05) is 0 Å². The number of pyridine rings is 1. The molecule has 10 aromatic rings. The van der Waals surface area contributed by atoms with E-state index in [0.29, 0.717) is 0 Å². The first-order chi connectivity index (χ1) is 22.8. The van der Waals surface area contributed by atoms with Crippen LogP contribution in [-0.4, -0.2) is 14.0 Å². The van der Waals surface area contributed by atoms with Crippen LogP contribution in [0.1, 0.15) is 0 Å². The third kappa shape index (κ3) is 3.51. The average Bonchev–Trinajstić information content (AvgIpc) is 3.67. The van der Waals surface area contributed by atoms with Crippen LogP contribution < -0.4 is 0 Å². The van der Waals surface area contributed by atoms with Crippen molar-refractivity contribution in [1.82, 2.24) is 14.0 Å². The fourth-order valence-electron chi connectivity index (χ4n) is 7.47. The molecule has 3 nitrogen and oxygen atoms in total. The number of nitrogens with zero attached hydrogens (tertiary/aromatic N) is 3. The van der Waals surface area contributed by atoms with E-state index in [1.807, 2.05) is 0 Å².